The second-order valence-corrected chi connectivity index (χ2v) is 7.31. The predicted molar refractivity (Wildman–Crippen MR) is 91.4 cm³/mol. The van der Waals surface area contributed by atoms with Gasteiger partial charge in [0.25, 0.3) is 15.9 Å². The average molecular weight is 353 g/mol. The van der Waals surface area contributed by atoms with Crippen molar-refractivity contribution < 1.29 is 13.2 Å². The van der Waals surface area contributed by atoms with Crippen LogP contribution in [-0.4, -0.2) is 20.9 Å². The van der Waals surface area contributed by atoms with Gasteiger partial charge in [0.1, 0.15) is 0 Å². The second-order valence-electron chi connectivity index (χ2n) is 5.01. The minimum absolute atomic E-state index is 0.0648. The lowest BCUT2D eigenvalue weighted by Gasteiger charge is -2.24. The van der Waals surface area contributed by atoms with E-state index in [1.54, 1.807) is 19.1 Å². The molecule has 5 nitrogen and oxygen atoms in total. The van der Waals surface area contributed by atoms with Gasteiger partial charge in [0.15, 0.2) is 0 Å². The molecule has 2 rings (SSSR count). The second kappa shape index (κ2) is 6.60. The van der Waals surface area contributed by atoms with Crippen LogP contribution in [-0.2, 0) is 10.0 Å². The minimum atomic E-state index is -3.81. The Morgan fingerprint density at radius 1 is 1.17 bits per heavy atom. The first-order valence-electron chi connectivity index (χ1n) is 6.96. The van der Waals surface area contributed by atoms with Gasteiger partial charge in [0.2, 0.25) is 0 Å². The molecule has 0 aromatic heterocycles. The minimum Gasteiger partial charge on any atom is -0.366 e. The summed E-state index contributed by atoms with van der Waals surface area (Å²) >= 11 is 5.88. The van der Waals surface area contributed by atoms with Crippen molar-refractivity contribution in [2.75, 3.05) is 10.8 Å². The molecular weight excluding hydrogens is 336 g/mol. The molecule has 0 unspecified atom stereocenters. The Hall–Kier alpha value is -2.05. The van der Waals surface area contributed by atoms with E-state index in [1.807, 2.05) is 6.92 Å². The predicted octanol–water partition coefficient (Wildman–Crippen LogP) is 2.96. The Morgan fingerprint density at radius 2 is 1.78 bits per heavy atom. The van der Waals surface area contributed by atoms with E-state index < -0.39 is 15.9 Å². The van der Waals surface area contributed by atoms with Crippen LogP contribution in [0.4, 0.5) is 5.69 Å². The zero-order valence-corrected chi connectivity index (χ0v) is 14.4. The molecule has 0 spiro atoms. The van der Waals surface area contributed by atoms with Gasteiger partial charge in [-0.2, -0.15) is 0 Å². The molecule has 0 radical (unpaired) electrons. The zero-order chi connectivity index (χ0) is 17.2. The van der Waals surface area contributed by atoms with Gasteiger partial charge in [0, 0.05) is 11.6 Å². The maximum Gasteiger partial charge on any atom is 0.264 e. The highest BCUT2D eigenvalue weighted by atomic mass is 35.5. The SMILES string of the molecule is CCN(c1ccc(Cl)cc1C(N)=O)S(=O)(=O)c1ccc(C)cc1. The van der Waals surface area contributed by atoms with Crippen LogP contribution in [0.25, 0.3) is 0 Å². The van der Waals surface area contributed by atoms with E-state index >= 15 is 0 Å². The van der Waals surface area contributed by atoms with Gasteiger partial charge in [-0.05, 0) is 44.2 Å². The molecule has 0 aliphatic carbocycles. The smallest absolute Gasteiger partial charge is 0.264 e. The Kier molecular flexibility index (Phi) is 4.97. The summed E-state index contributed by atoms with van der Waals surface area (Å²) in [6, 6.07) is 10.9. The summed E-state index contributed by atoms with van der Waals surface area (Å²) in [7, 11) is -3.81. The molecule has 2 aromatic carbocycles. The third kappa shape index (κ3) is 3.48. The molecule has 2 N–H and O–H groups in total. The number of anilines is 1. The number of carbonyl (C=O) groups is 1. The van der Waals surface area contributed by atoms with E-state index in [9.17, 15) is 13.2 Å². The third-order valence-electron chi connectivity index (χ3n) is 3.39. The summed E-state index contributed by atoms with van der Waals surface area (Å²) < 4.78 is 26.9. The quantitative estimate of drug-likeness (QED) is 0.898. The zero-order valence-electron chi connectivity index (χ0n) is 12.8. The van der Waals surface area contributed by atoms with Crippen LogP contribution in [0.15, 0.2) is 47.4 Å². The fourth-order valence-corrected chi connectivity index (χ4v) is 3.90. The van der Waals surface area contributed by atoms with Crippen LogP contribution in [0, 0.1) is 6.92 Å². The number of aryl methyl sites for hydroxylation is 1. The Labute approximate surface area is 140 Å². The molecule has 0 atom stereocenters. The van der Waals surface area contributed by atoms with Crippen LogP contribution in [0.1, 0.15) is 22.8 Å². The van der Waals surface area contributed by atoms with E-state index in [1.165, 1.54) is 30.3 Å². The van der Waals surface area contributed by atoms with Crippen molar-refractivity contribution in [1.29, 1.82) is 0 Å². The maximum absolute atomic E-state index is 12.9. The Bertz CT molecular complexity index is 833. The summed E-state index contributed by atoms with van der Waals surface area (Å²) in [5.74, 6) is -0.736. The number of carbonyl (C=O) groups excluding carboxylic acids is 1. The highest BCUT2D eigenvalue weighted by Crippen LogP contribution is 2.29. The third-order valence-corrected chi connectivity index (χ3v) is 5.53. The van der Waals surface area contributed by atoms with Crippen LogP contribution in [0.2, 0.25) is 5.02 Å². The molecular formula is C16H17ClN2O3S. The summed E-state index contributed by atoms with van der Waals surface area (Å²) in [5, 5.41) is 0.311. The summed E-state index contributed by atoms with van der Waals surface area (Å²) in [5.41, 5.74) is 6.59. The van der Waals surface area contributed by atoms with E-state index in [0.717, 1.165) is 9.87 Å². The van der Waals surface area contributed by atoms with Crippen LogP contribution in [0.5, 0.6) is 0 Å². The molecule has 0 saturated carbocycles. The number of benzene rings is 2. The normalized spacial score (nSPS) is 11.3. The number of hydrogen-bond donors (Lipinski definition) is 1. The fraction of sp³-hybridized carbons (Fsp3) is 0.188. The summed E-state index contributed by atoms with van der Waals surface area (Å²) in [6.45, 7) is 3.71. The highest BCUT2D eigenvalue weighted by Gasteiger charge is 2.26. The van der Waals surface area contributed by atoms with Crippen molar-refractivity contribution in [3.8, 4) is 0 Å². The van der Waals surface area contributed by atoms with Gasteiger partial charge in [-0.3, -0.25) is 9.10 Å². The number of hydrogen-bond acceptors (Lipinski definition) is 3. The number of nitrogens with two attached hydrogens (primary N) is 1. The van der Waals surface area contributed by atoms with Crippen molar-refractivity contribution in [1.82, 2.24) is 0 Å². The molecule has 1 amide bonds. The average Bonchev–Trinajstić information content (AvgIpc) is 2.49. The molecule has 0 fully saturated rings. The topological polar surface area (TPSA) is 80.5 Å². The number of halogens is 1. The van der Waals surface area contributed by atoms with Crippen molar-refractivity contribution in [3.05, 3.63) is 58.6 Å². The molecule has 0 saturated heterocycles. The Balaban J connectivity index is 2.60. The van der Waals surface area contributed by atoms with Gasteiger partial charge < -0.3 is 5.73 Å². The lowest BCUT2D eigenvalue weighted by molar-refractivity contribution is 0.100. The lowest BCUT2D eigenvalue weighted by atomic mass is 10.1. The first-order chi connectivity index (χ1) is 10.8. The highest BCUT2D eigenvalue weighted by molar-refractivity contribution is 7.92. The fourth-order valence-electron chi connectivity index (χ4n) is 2.23. The van der Waals surface area contributed by atoms with Crippen molar-refractivity contribution in [3.63, 3.8) is 0 Å². The van der Waals surface area contributed by atoms with Gasteiger partial charge in [-0.25, -0.2) is 8.42 Å². The number of rotatable bonds is 5. The molecule has 0 bridgehead atoms. The van der Waals surface area contributed by atoms with Crippen LogP contribution in [0.3, 0.4) is 0 Å². The molecule has 122 valence electrons. The van der Waals surface area contributed by atoms with Gasteiger partial charge in [0.05, 0.1) is 16.1 Å². The van der Waals surface area contributed by atoms with Gasteiger partial charge in [-0.15, -0.1) is 0 Å². The first-order valence-corrected chi connectivity index (χ1v) is 8.78. The van der Waals surface area contributed by atoms with Crippen molar-refractivity contribution in [2.45, 2.75) is 18.7 Å². The van der Waals surface area contributed by atoms with Crippen LogP contribution >= 0.6 is 11.6 Å². The Morgan fingerprint density at radius 3 is 2.30 bits per heavy atom. The summed E-state index contributed by atoms with van der Waals surface area (Å²) in [6.07, 6.45) is 0. The number of nitrogens with zero attached hydrogens (tertiary/aromatic N) is 1. The van der Waals surface area contributed by atoms with Crippen molar-refractivity contribution in [2.24, 2.45) is 5.73 Å². The van der Waals surface area contributed by atoms with Crippen molar-refractivity contribution >= 4 is 33.2 Å². The largest absolute Gasteiger partial charge is 0.366 e. The summed E-state index contributed by atoms with van der Waals surface area (Å²) in [4.78, 5) is 11.8. The number of sulfonamides is 1. The van der Waals surface area contributed by atoms with E-state index in [2.05, 4.69) is 0 Å². The van der Waals surface area contributed by atoms with E-state index in [4.69, 9.17) is 17.3 Å². The van der Waals surface area contributed by atoms with Gasteiger partial charge in [-0.1, -0.05) is 29.3 Å². The molecule has 0 aliphatic heterocycles. The number of primary amides is 1. The molecule has 2 aromatic rings. The molecule has 7 heteroatoms. The van der Waals surface area contributed by atoms with Crippen LogP contribution < -0.4 is 10.0 Å². The maximum atomic E-state index is 12.9. The van der Waals surface area contributed by atoms with E-state index in [-0.39, 0.29) is 22.7 Å². The molecule has 23 heavy (non-hydrogen) atoms. The molecule has 0 heterocycles. The molecule has 0 aliphatic rings. The van der Waals surface area contributed by atoms with Gasteiger partial charge >= 0.3 is 0 Å². The monoisotopic (exact) mass is 352 g/mol. The standard InChI is InChI=1S/C16H17ClN2O3S/c1-3-19(15-9-6-12(17)10-14(15)16(18)20)23(21,22)13-7-4-11(2)5-8-13/h4-10H,3H2,1-2H3,(H2,18,20). The lowest BCUT2D eigenvalue weighted by Crippen LogP contribution is -2.32. The number of amides is 1. The van der Waals surface area contributed by atoms with E-state index in [0.29, 0.717) is 5.02 Å². The first kappa shape index (κ1) is 17.3.